The normalized spacial score (nSPS) is 10.3. The number of hydrogen-bond acceptors (Lipinski definition) is 2. The van der Waals surface area contributed by atoms with Crippen molar-refractivity contribution in [2.24, 2.45) is 0 Å². The van der Waals surface area contributed by atoms with E-state index in [1.165, 1.54) is 25.3 Å². The summed E-state index contributed by atoms with van der Waals surface area (Å²) in [6.45, 7) is 11.7. The zero-order valence-electron chi connectivity index (χ0n) is 10.1. The van der Waals surface area contributed by atoms with Crippen LogP contribution >= 0.6 is 0 Å². The van der Waals surface area contributed by atoms with Gasteiger partial charge in [-0.3, -0.25) is 4.79 Å². The van der Waals surface area contributed by atoms with Crippen LogP contribution in [0.3, 0.4) is 0 Å². The topological polar surface area (TPSA) is 32.3 Å². The van der Waals surface area contributed by atoms with Crippen molar-refractivity contribution in [3.8, 4) is 0 Å². The van der Waals surface area contributed by atoms with Crippen molar-refractivity contribution >= 4 is 5.91 Å². The fraction of sp³-hybridized carbons (Fsp3) is 0.750. The highest BCUT2D eigenvalue weighted by Crippen LogP contribution is 1.95. The van der Waals surface area contributed by atoms with Gasteiger partial charge in [0.1, 0.15) is 0 Å². The van der Waals surface area contributed by atoms with Crippen molar-refractivity contribution < 1.29 is 4.79 Å². The largest absolute Gasteiger partial charge is 0.351 e. The number of amides is 1. The lowest BCUT2D eigenvalue weighted by Gasteiger charge is -2.21. The molecule has 0 bridgehead atoms. The number of carbonyl (C=O) groups is 1. The molecule has 0 spiro atoms. The molecule has 0 fully saturated rings. The summed E-state index contributed by atoms with van der Waals surface area (Å²) in [4.78, 5) is 13.3. The molecular weight excluding hydrogens is 188 g/mol. The van der Waals surface area contributed by atoms with Gasteiger partial charge in [0.25, 0.3) is 0 Å². The maximum Gasteiger partial charge on any atom is 0.243 e. The zero-order chi connectivity index (χ0) is 11.5. The Morgan fingerprint density at radius 2 is 2.00 bits per heavy atom. The minimum Gasteiger partial charge on any atom is -0.351 e. The maximum absolute atomic E-state index is 10.9. The van der Waals surface area contributed by atoms with Gasteiger partial charge < -0.3 is 10.2 Å². The van der Waals surface area contributed by atoms with Crippen molar-refractivity contribution in [3.63, 3.8) is 0 Å². The van der Waals surface area contributed by atoms with Gasteiger partial charge in [0.15, 0.2) is 0 Å². The first kappa shape index (κ1) is 14.2. The molecule has 3 heteroatoms. The van der Waals surface area contributed by atoms with Gasteiger partial charge in [-0.2, -0.15) is 0 Å². The molecule has 15 heavy (non-hydrogen) atoms. The standard InChI is InChI=1S/C12H24N2O/c1-4-7-10-14(9-5-2)11-8-13-12(15)6-3/h6H,3-5,7-11H2,1-2H3,(H,13,15). The van der Waals surface area contributed by atoms with E-state index in [4.69, 9.17) is 0 Å². The third-order valence-corrected chi connectivity index (χ3v) is 2.28. The number of rotatable bonds is 9. The Morgan fingerprint density at radius 3 is 2.53 bits per heavy atom. The molecule has 0 unspecified atom stereocenters. The summed E-state index contributed by atoms with van der Waals surface area (Å²) >= 11 is 0. The third kappa shape index (κ3) is 8.18. The molecule has 0 rings (SSSR count). The van der Waals surface area contributed by atoms with Crippen LogP contribution < -0.4 is 5.32 Å². The monoisotopic (exact) mass is 212 g/mol. The Balaban J connectivity index is 3.64. The van der Waals surface area contributed by atoms with Crippen LogP contribution in [-0.4, -0.2) is 37.0 Å². The van der Waals surface area contributed by atoms with E-state index < -0.39 is 0 Å². The number of nitrogens with zero attached hydrogens (tertiary/aromatic N) is 1. The molecule has 0 heterocycles. The van der Waals surface area contributed by atoms with E-state index in [0.717, 1.165) is 19.6 Å². The van der Waals surface area contributed by atoms with Crippen LogP contribution in [0.1, 0.15) is 33.1 Å². The van der Waals surface area contributed by atoms with Gasteiger partial charge in [-0.25, -0.2) is 0 Å². The minimum absolute atomic E-state index is 0.0815. The summed E-state index contributed by atoms with van der Waals surface area (Å²) in [5.74, 6) is -0.0815. The fourth-order valence-electron chi connectivity index (χ4n) is 1.44. The van der Waals surface area contributed by atoms with Crippen molar-refractivity contribution in [2.45, 2.75) is 33.1 Å². The van der Waals surface area contributed by atoms with Crippen LogP contribution in [0.5, 0.6) is 0 Å². The molecule has 0 aliphatic heterocycles. The summed E-state index contributed by atoms with van der Waals surface area (Å²) in [7, 11) is 0. The second-order valence-corrected chi connectivity index (χ2v) is 3.69. The Labute approximate surface area is 93.5 Å². The molecule has 0 atom stereocenters. The molecule has 0 saturated heterocycles. The lowest BCUT2D eigenvalue weighted by Crippen LogP contribution is -2.35. The quantitative estimate of drug-likeness (QED) is 0.591. The second kappa shape index (κ2) is 9.71. The minimum atomic E-state index is -0.0815. The Hall–Kier alpha value is -0.830. The number of unbranched alkanes of at least 4 members (excludes halogenated alkanes) is 1. The molecule has 0 aliphatic rings. The molecule has 1 amide bonds. The van der Waals surface area contributed by atoms with E-state index in [-0.39, 0.29) is 5.91 Å². The highest BCUT2D eigenvalue weighted by molar-refractivity contribution is 5.86. The zero-order valence-corrected chi connectivity index (χ0v) is 10.1. The maximum atomic E-state index is 10.9. The van der Waals surface area contributed by atoms with E-state index >= 15 is 0 Å². The number of carbonyl (C=O) groups excluding carboxylic acids is 1. The molecule has 88 valence electrons. The molecule has 0 aromatic rings. The Morgan fingerprint density at radius 1 is 1.27 bits per heavy atom. The van der Waals surface area contributed by atoms with Gasteiger partial charge in [-0.05, 0) is 32.0 Å². The first-order chi connectivity index (χ1) is 7.24. The van der Waals surface area contributed by atoms with Crippen molar-refractivity contribution in [3.05, 3.63) is 12.7 Å². The number of nitrogens with one attached hydrogen (secondary N) is 1. The smallest absolute Gasteiger partial charge is 0.243 e. The first-order valence-corrected chi connectivity index (χ1v) is 5.87. The van der Waals surface area contributed by atoms with E-state index in [1.54, 1.807) is 0 Å². The molecule has 0 aromatic carbocycles. The van der Waals surface area contributed by atoms with E-state index in [0.29, 0.717) is 6.54 Å². The fourth-order valence-corrected chi connectivity index (χ4v) is 1.44. The van der Waals surface area contributed by atoms with Crippen molar-refractivity contribution in [2.75, 3.05) is 26.2 Å². The summed E-state index contributed by atoms with van der Waals surface area (Å²) < 4.78 is 0. The highest BCUT2D eigenvalue weighted by Gasteiger charge is 2.02. The molecule has 1 N–H and O–H groups in total. The SMILES string of the molecule is C=CC(=O)NCCN(CCC)CCCC. The van der Waals surface area contributed by atoms with Gasteiger partial charge in [0, 0.05) is 13.1 Å². The lowest BCUT2D eigenvalue weighted by atomic mass is 10.3. The van der Waals surface area contributed by atoms with Crippen LogP contribution in [0.25, 0.3) is 0 Å². The molecule has 0 aromatic heterocycles. The van der Waals surface area contributed by atoms with Crippen LogP contribution in [-0.2, 0) is 4.79 Å². The van der Waals surface area contributed by atoms with Crippen LogP contribution in [0.4, 0.5) is 0 Å². The molecular formula is C12H24N2O. The van der Waals surface area contributed by atoms with E-state index in [9.17, 15) is 4.79 Å². The molecule has 0 aliphatic carbocycles. The van der Waals surface area contributed by atoms with E-state index in [2.05, 4.69) is 30.6 Å². The average molecular weight is 212 g/mol. The van der Waals surface area contributed by atoms with Crippen LogP contribution in [0, 0.1) is 0 Å². The summed E-state index contributed by atoms with van der Waals surface area (Å²) in [5, 5.41) is 2.80. The van der Waals surface area contributed by atoms with Crippen molar-refractivity contribution in [1.82, 2.24) is 10.2 Å². The predicted molar refractivity (Wildman–Crippen MR) is 64.8 cm³/mol. The first-order valence-electron chi connectivity index (χ1n) is 5.87. The van der Waals surface area contributed by atoms with Gasteiger partial charge in [0.05, 0.1) is 0 Å². The van der Waals surface area contributed by atoms with Gasteiger partial charge in [-0.15, -0.1) is 0 Å². The number of hydrogen-bond donors (Lipinski definition) is 1. The van der Waals surface area contributed by atoms with E-state index in [1.807, 2.05) is 0 Å². The summed E-state index contributed by atoms with van der Waals surface area (Å²) in [6.07, 6.45) is 4.93. The predicted octanol–water partition coefficient (Wildman–Crippen LogP) is 1.80. The second-order valence-electron chi connectivity index (χ2n) is 3.69. The molecule has 3 nitrogen and oxygen atoms in total. The van der Waals surface area contributed by atoms with Crippen LogP contribution in [0.15, 0.2) is 12.7 Å². The highest BCUT2D eigenvalue weighted by atomic mass is 16.1. The summed E-state index contributed by atoms with van der Waals surface area (Å²) in [5.41, 5.74) is 0. The lowest BCUT2D eigenvalue weighted by molar-refractivity contribution is -0.116. The molecule has 0 saturated carbocycles. The summed E-state index contributed by atoms with van der Waals surface area (Å²) in [6, 6.07) is 0. The van der Waals surface area contributed by atoms with Crippen LogP contribution in [0.2, 0.25) is 0 Å². The van der Waals surface area contributed by atoms with Gasteiger partial charge >= 0.3 is 0 Å². The van der Waals surface area contributed by atoms with Gasteiger partial charge in [-0.1, -0.05) is 26.8 Å². The Bertz CT molecular complexity index is 180. The van der Waals surface area contributed by atoms with Gasteiger partial charge in [0.2, 0.25) is 5.91 Å². The average Bonchev–Trinajstić information content (AvgIpc) is 2.25. The Kier molecular flexibility index (Phi) is 9.18. The third-order valence-electron chi connectivity index (χ3n) is 2.28. The molecule has 0 radical (unpaired) electrons. The van der Waals surface area contributed by atoms with Crippen molar-refractivity contribution in [1.29, 1.82) is 0 Å².